The smallest absolute Gasteiger partial charge is 0.222 e. The number of nitrogens with zero attached hydrogens (tertiary/aromatic N) is 1. The van der Waals surface area contributed by atoms with Crippen molar-refractivity contribution < 1.29 is 14.3 Å². The van der Waals surface area contributed by atoms with Gasteiger partial charge >= 0.3 is 0 Å². The van der Waals surface area contributed by atoms with E-state index in [-0.39, 0.29) is 29.9 Å². The minimum absolute atomic E-state index is 0. The van der Waals surface area contributed by atoms with Crippen LogP contribution in [-0.2, 0) is 22.6 Å². The molecule has 0 bridgehead atoms. The van der Waals surface area contributed by atoms with Crippen molar-refractivity contribution >= 4 is 35.8 Å². The highest BCUT2D eigenvalue weighted by Crippen LogP contribution is 2.20. The number of carbonyl (C=O) groups excluding carboxylic acids is 1. The minimum Gasteiger partial charge on any atom is -0.491 e. The van der Waals surface area contributed by atoms with Crippen LogP contribution in [0.15, 0.2) is 53.5 Å². The lowest BCUT2D eigenvalue weighted by molar-refractivity contribution is -0.121. The van der Waals surface area contributed by atoms with Crippen LogP contribution < -0.4 is 20.7 Å². The Hall–Kier alpha value is -2.33. The summed E-state index contributed by atoms with van der Waals surface area (Å²) >= 11 is 0. The van der Waals surface area contributed by atoms with E-state index in [1.165, 1.54) is 0 Å². The lowest BCUT2D eigenvalue weighted by Crippen LogP contribution is -2.39. The number of aliphatic imine (C=N–C) groups is 1. The van der Waals surface area contributed by atoms with Gasteiger partial charge < -0.3 is 25.4 Å². The highest BCUT2D eigenvalue weighted by Gasteiger charge is 2.07. The normalized spacial score (nSPS) is 10.7. The van der Waals surface area contributed by atoms with E-state index in [1.54, 1.807) is 14.2 Å². The number of carbonyl (C=O) groups is 1. The van der Waals surface area contributed by atoms with Gasteiger partial charge in [-0.05, 0) is 24.1 Å². The molecule has 2 aromatic rings. The summed E-state index contributed by atoms with van der Waals surface area (Å²) in [5.41, 5.74) is 3.24. The SMILES string of the molecule is CN=C(NCCC(=O)NCc1ccccc1)NCc1ccc(C)cc1OCCOC.I. The molecule has 2 rings (SSSR count). The summed E-state index contributed by atoms with van der Waals surface area (Å²) in [6.45, 7) is 4.65. The first kappa shape index (κ1) is 26.7. The quantitative estimate of drug-likeness (QED) is 0.177. The number of guanidine groups is 1. The van der Waals surface area contributed by atoms with E-state index in [1.807, 2.05) is 55.5 Å². The number of amides is 1. The topological polar surface area (TPSA) is 84.0 Å². The number of ether oxygens (including phenoxy) is 2. The molecule has 0 unspecified atom stereocenters. The number of nitrogens with one attached hydrogen (secondary N) is 3. The van der Waals surface area contributed by atoms with Gasteiger partial charge in [0.05, 0.1) is 6.61 Å². The van der Waals surface area contributed by atoms with Crippen LogP contribution in [0.5, 0.6) is 5.75 Å². The standard InChI is InChI=1S/C23H32N4O3.HI/c1-18-9-10-20(21(15-18)30-14-13-29-3)17-27-23(24-2)25-12-11-22(28)26-16-19-7-5-4-6-8-19;/h4-10,15H,11-14,16-17H2,1-3H3,(H,26,28)(H2,24,25,27);1H. The van der Waals surface area contributed by atoms with Gasteiger partial charge in [-0.1, -0.05) is 42.5 Å². The minimum atomic E-state index is -0.00540. The van der Waals surface area contributed by atoms with E-state index in [2.05, 4.69) is 20.9 Å². The van der Waals surface area contributed by atoms with Crippen molar-refractivity contribution in [2.24, 2.45) is 4.99 Å². The monoisotopic (exact) mass is 540 g/mol. The van der Waals surface area contributed by atoms with Gasteiger partial charge in [-0.15, -0.1) is 24.0 Å². The molecule has 2 aromatic carbocycles. The van der Waals surface area contributed by atoms with Crippen LogP contribution in [0.2, 0.25) is 0 Å². The summed E-state index contributed by atoms with van der Waals surface area (Å²) < 4.78 is 10.9. The van der Waals surface area contributed by atoms with Crippen molar-refractivity contribution in [1.29, 1.82) is 0 Å². The molecule has 0 saturated carbocycles. The average molecular weight is 540 g/mol. The molecular formula is C23H33IN4O3. The van der Waals surface area contributed by atoms with Gasteiger partial charge in [0.15, 0.2) is 5.96 Å². The molecule has 8 heteroatoms. The fourth-order valence-electron chi connectivity index (χ4n) is 2.76. The van der Waals surface area contributed by atoms with Crippen LogP contribution in [0.3, 0.4) is 0 Å². The van der Waals surface area contributed by atoms with Crippen molar-refractivity contribution in [3.8, 4) is 5.75 Å². The van der Waals surface area contributed by atoms with Crippen LogP contribution >= 0.6 is 24.0 Å². The second-order valence-corrected chi connectivity index (χ2v) is 6.82. The number of benzene rings is 2. The first-order valence-electron chi connectivity index (χ1n) is 10.1. The predicted octanol–water partition coefficient (Wildman–Crippen LogP) is 3.01. The Labute approximate surface area is 202 Å². The molecule has 1 amide bonds. The van der Waals surface area contributed by atoms with Crippen molar-refractivity contribution in [2.75, 3.05) is 33.9 Å². The first-order chi connectivity index (χ1) is 14.6. The Morgan fingerprint density at radius 2 is 1.77 bits per heavy atom. The fourth-order valence-corrected chi connectivity index (χ4v) is 2.76. The number of aryl methyl sites for hydroxylation is 1. The van der Waals surface area contributed by atoms with Gasteiger partial charge in [0.1, 0.15) is 12.4 Å². The molecule has 7 nitrogen and oxygen atoms in total. The number of rotatable bonds is 11. The molecule has 0 aliphatic heterocycles. The maximum absolute atomic E-state index is 12.0. The Morgan fingerprint density at radius 3 is 2.48 bits per heavy atom. The molecule has 0 spiro atoms. The van der Waals surface area contributed by atoms with Gasteiger partial charge in [0.2, 0.25) is 5.91 Å². The van der Waals surface area contributed by atoms with Crippen LogP contribution in [0.25, 0.3) is 0 Å². The van der Waals surface area contributed by atoms with Crippen molar-refractivity contribution in [3.63, 3.8) is 0 Å². The maximum atomic E-state index is 12.0. The fraction of sp³-hybridized carbons (Fsp3) is 0.391. The van der Waals surface area contributed by atoms with Gasteiger partial charge in [0, 0.05) is 45.8 Å². The first-order valence-corrected chi connectivity index (χ1v) is 10.1. The van der Waals surface area contributed by atoms with Gasteiger partial charge in [-0.25, -0.2) is 0 Å². The average Bonchev–Trinajstić information content (AvgIpc) is 2.76. The second-order valence-electron chi connectivity index (χ2n) is 6.82. The molecule has 0 atom stereocenters. The van der Waals surface area contributed by atoms with E-state index >= 15 is 0 Å². The van der Waals surface area contributed by atoms with Gasteiger partial charge in [-0.3, -0.25) is 9.79 Å². The molecule has 31 heavy (non-hydrogen) atoms. The predicted molar refractivity (Wildman–Crippen MR) is 135 cm³/mol. The largest absolute Gasteiger partial charge is 0.491 e. The van der Waals surface area contributed by atoms with Gasteiger partial charge in [-0.2, -0.15) is 0 Å². The summed E-state index contributed by atoms with van der Waals surface area (Å²) in [5.74, 6) is 1.46. The lowest BCUT2D eigenvalue weighted by atomic mass is 10.1. The van der Waals surface area contributed by atoms with Gasteiger partial charge in [0.25, 0.3) is 0 Å². The summed E-state index contributed by atoms with van der Waals surface area (Å²) in [6, 6.07) is 16.0. The zero-order valence-corrected chi connectivity index (χ0v) is 20.8. The second kappa shape index (κ2) is 15.5. The molecule has 0 aromatic heterocycles. The zero-order valence-electron chi connectivity index (χ0n) is 18.4. The molecule has 3 N–H and O–H groups in total. The Balaban J connectivity index is 0.00000480. The van der Waals surface area contributed by atoms with E-state index in [0.717, 1.165) is 22.4 Å². The van der Waals surface area contributed by atoms with E-state index in [9.17, 15) is 4.79 Å². The molecule has 0 saturated heterocycles. The number of halogens is 1. The summed E-state index contributed by atoms with van der Waals surface area (Å²) in [4.78, 5) is 16.2. The van der Waals surface area contributed by atoms with Crippen molar-refractivity contribution in [3.05, 3.63) is 65.2 Å². The van der Waals surface area contributed by atoms with Crippen LogP contribution in [0.4, 0.5) is 0 Å². The lowest BCUT2D eigenvalue weighted by Gasteiger charge is -2.15. The maximum Gasteiger partial charge on any atom is 0.222 e. The third kappa shape index (κ3) is 10.5. The van der Waals surface area contributed by atoms with E-state index < -0.39 is 0 Å². The highest BCUT2D eigenvalue weighted by molar-refractivity contribution is 14.0. The van der Waals surface area contributed by atoms with E-state index in [4.69, 9.17) is 9.47 Å². The molecular weight excluding hydrogens is 507 g/mol. The molecule has 170 valence electrons. The molecule has 0 heterocycles. The molecule has 0 fully saturated rings. The van der Waals surface area contributed by atoms with Crippen molar-refractivity contribution in [2.45, 2.75) is 26.4 Å². The van der Waals surface area contributed by atoms with Crippen LogP contribution in [0, 0.1) is 6.92 Å². The molecule has 0 aliphatic carbocycles. The Morgan fingerprint density at radius 1 is 1.00 bits per heavy atom. The zero-order chi connectivity index (χ0) is 21.6. The Bertz CT molecular complexity index is 816. The third-order valence-corrected chi connectivity index (χ3v) is 4.41. The number of methoxy groups -OCH3 is 1. The van der Waals surface area contributed by atoms with Crippen LogP contribution in [0.1, 0.15) is 23.1 Å². The summed E-state index contributed by atoms with van der Waals surface area (Å²) in [6.07, 6.45) is 0.365. The molecule has 0 aliphatic rings. The summed E-state index contributed by atoms with van der Waals surface area (Å²) in [7, 11) is 3.36. The number of hydrogen-bond donors (Lipinski definition) is 3. The van der Waals surface area contributed by atoms with E-state index in [0.29, 0.717) is 45.2 Å². The van der Waals surface area contributed by atoms with Crippen molar-refractivity contribution in [1.82, 2.24) is 16.0 Å². The third-order valence-electron chi connectivity index (χ3n) is 4.41. The van der Waals surface area contributed by atoms with Crippen LogP contribution in [-0.4, -0.2) is 45.8 Å². The summed E-state index contributed by atoms with van der Waals surface area (Å²) in [5, 5.41) is 9.35. The highest BCUT2D eigenvalue weighted by atomic mass is 127. The molecule has 0 radical (unpaired) electrons. The number of hydrogen-bond acceptors (Lipinski definition) is 4. The Kier molecular flexibility index (Phi) is 13.3.